The van der Waals surface area contributed by atoms with Gasteiger partial charge in [-0.05, 0) is 37.5 Å². The number of carbonyl (C=O) groups is 1. The van der Waals surface area contributed by atoms with Gasteiger partial charge in [0.25, 0.3) is 0 Å². The molecule has 5 heteroatoms. The molecule has 0 aliphatic carbocycles. The molecule has 0 saturated carbocycles. The summed E-state index contributed by atoms with van der Waals surface area (Å²) in [4.78, 5) is 11.9. The minimum atomic E-state index is -0.305. The lowest BCUT2D eigenvalue weighted by Gasteiger charge is -2.21. The van der Waals surface area contributed by atoms with Crippen molar-refractivity contribution in [3.63, 3.8) is 0 Å². The van der Waals surface area contributed by atoms with Crippen molar-refractivity contribution in [2.75, 3.05) is 6.54 Å². The van der Waals surface area contributed by atoms with Gasteiger partial charge in [0.15, 0.2) is 0 Å². The predicted octanol–water partition coefficient (Wildman–Crippen LogP) is 3.40. The van der Waals surface area contributed by atoms with E-state index in [-0.39, 0.29) is 23.8 Å². The second kappa shape index (κ2) is 7.74. The van der Waals surface area contributed by atoms with E-state index >= 15 is 0 Å². The Balaban J connectivity index is 2.60. The monoisotopic (exact) mass is 344 g/mol. The second-order valence-corrected chi connectivity index (χ2v) is 6.27. The van der Waals surface area contributed by atoms with Gasteiger partial charge >= 0.3 is 0 Å². The Morgan fingerprint density at radius 2 is 1.95 bits per heavy atom. The highest BCUT2D eigenvalue weighted by Crippen LogP contribution is 2.24. The Hall–Kier alpha value is -0.940. The summed E-state index contributed by atoms with van der Waals surface area (Å²) < 4.78 is 13.8. The van der Waals surface area contributed by atoms with Crippen LogP contribution in [0.2, 0.25) is 0 Å². The molecule has 0 aliphatic heterocycles. The van der Waals surface area contributed by atoms with Gasteiger partial charge in [-0.1, -0.05) is 35.8 Å². The van der Waals surface area contributed by atoms with Crippen molar-refractivity contribution < 1.29 is 9.18 Å². The van der Waals surface area contributed by atoms with Crippen molar-refractivity contribution in [1.29, 1.82) is 0 Å². The van der Waals surface area contributed by atoms with Crippen molar-refractivity contribution in [3.05, 3.63) is 34.1 Å². The van der Waals surface area contributed by atoms with E-state index in [1.807, 2.05) is 13.8 Å². The predicted molar refractivity (Wildman–Crippen MR) is 83.0 cm³/mol. The summed E-state index contributed by atoms with van der Waals surface area (Å²) in [6, 6.07) is 4.21. The molecule has 0 heterocycles. The minimum absolute atomic E-state index is 0.0243. The first-order chi connectivity index (χ1) is 9.31. The number of hydrogen-bond acceptors (Lipinski definition) is 2. The molecule has 0 saturated heterocycles. The van der Waals surface area contributed by atoms with E-state index < -0.39 is 0 Å². The summed E-state index contributed by atoms with van der Waals surface area (Å²) in [6.45, 7) is 8.54. The molecule has 112 valence electrons. The number of halogens is 2. The van der Waals surface area contributed by atoms with Crippen molar-refractivity contribution >= 4 is 21.8 Å². The van der Waals surface area contributed by atoms with E-state index in [0.717, 1.165) is 5.56 Å². The Morgan fingerprint density at radius 3 is 2.50 bits per heavy atom. The van der Waals surface area contributed by atoms with Crippen LogP contribution >= 0.6 is 15.9 Å². The maximum absolute atomic E-state index is 13.1. The summed E-state index contributed by atoms with van der Waals surface area (Å²) in [5.41, 5.74) is 0.926. The number of carbonyl (C=O) groups excluding carboxylic acids is 1. The average molecular weight is 345 g/mol. The zero-order chi connectivity index (χ0) is 15.3. The molecule has 0 bridgehead atoms. The van der Waals surface area contributed by atoms with Gasteiger partial charge in [0.2, 0.25) is 5.91 Å². The second-order valence-electron chi connectivity index (χ2n) is 5.41. The van der Waals surface area contributed by atoms with Gasteiger partial charge < -0.3 is 5.32 Å². The Labute approximate surface area is 128 Å². The molecule has 0 radical (unpaired) electrons. The molecule has 0 fully saturated rings. The van der Waals surface area contributed by atoms with Crippen LogP contribution in [0.25, 0.3) is 0 Å². The van der Waals surface area contributed by atoms with Crippen LogP contribution in [0.4, 0.5) is 4.39 Å². The fourth-order valence-electron chi connectivity index (χ4n) is 1.85. The molecule has 0 aliphatic rings. The summed E-state index contributed by atoms with van der Waals surface area (Å²) in [5.74, 6) is 0.120. The summed E-state index contributed by atoms with van der Waals surface area (Å²) >= 11 is 3.34. The van der Waals surface area contributed by atoms with Crippen molar-refractivity contribution in [3.8, 4) is 0 Å². The number of rotatable bonds is 6. The third kappa shape index (κ3) is 5.21. The van der Waals surface area contributed by atoms with Crippen LogP contribution in [0.15, 0.2) is 22.7 Å². The Bertz CT molecular complexity index is 465. The first-order valence-corrected chi connectivity index (χ1v) is 7.59. The highest BCUT2D eigenvalue weighted by Gasteiger charge is 2.17. The molecule has 20 heavy (non-hydrogen) atoms. The molecule has 2 N–H and O–H groups in total. The third-order valence-electron chi connectivity index (χ3n) is 3.01. The van der Waals surface area contributed by atoms with Crippen LogP contribution < -0.4 is 10.6 Å². The molecule has 1 aromatic carbocycles. The van der Waals surface area contributed by atoms with Crippen LogP contribution in [0.3, 0.4) is 0 Å². The Morgan fingerprint density at radius 1 is 1.30 bits per heavy atom. The molecule has 1 amide bonds. The Kier molecular flexibility index (Phi) is 6.62. The smallest absolute Gasteiger partial charge is 0.236 e. The number of hydrogen-bond donors (Lipinski definition) is 2. The first kappa shape index (κ1) is 17.1. The molecule has 1 aromatic rings. The maximum atomic E-state index is 13.1. The SMILES string of the molecule is CC(C)CNC(=O)C(C)NC(C)c1ccc(F)cc1Br. The molecule has 2 unspecified atom stereocenters. The van der Waals surface area contributed by atoms with Crippen LogP contribution in [0.5, 0.6) is 0 Å². The van der Waals surface area contributed by atoms with Gasteiger partial charge in [0.1, 0.15) is 5.82 Å². The summed E-state index contributed by atoms with van der Waals surface area (Å²) in [7, 11) is 0. The van der Waals surface area contributed by atoms with E-state index in [2.05, 4.69) is 40.4 Å². The first-order valence-electron chi connectivity index (χ1n) is 6.80. The fourth-order valence-corrected chi connectivity index (χ4v) is 2.55. The van der Waals surface area contributed by atoms with Crippen LogP contribution in [-0.4, -0.2) is 18.5 Å². The molecule has 0 spiro atoms. The minimum Gasteiger partial charge on any atom is -0.354 e. The molecular formula is C15H22BrFN2O. The van der Waals surface area contributed by atoms with Gasteiger partial charge in [0.05, 0.1) is 6.04 Å². The zero-order valence-corrected chi connectivity index (χ0v) is 13.9. The van der Waals surface area contributed by atoms with Crippen molar-refractivity contribution in [2.24, 2.45) is 5.92 Å². The number of amides is 1. The van der Waals surface area contributed by atoms with Crippen molar-refractivity contribution in [1.82, 2.24) is 10.6 Å². The number of nitrogens with one attached hydrogen (secondary N) is 2. The fraction of sp³-hybridized carbons (Fsp3) is 0.533. The topological polar surface area (TPSA) is 41.1 Å². The van der Waals surface area contributed by atoms with E-state index in [4.69, 9.17) is 0 Å². The van der Waals surface area contributed by atoms with Crippen LogP contribution in [-0.2, 0) is 4.79 Å². The van der Waals surface area contributed by atoms with E-state index in [1.54, 1.807) is 6.07 Å². The molecular weight excluding hydrogens is 323 g/mol. The largest absolute Gasteiger partial charge is 0.354 e. The van der Waals surface area contributed by atoms with E-state index in [9.17, 15) is 9.18 Å². The zero-order valence-electron chi connectivity index (χ0n) is 12.3. The summed E-state index contributed by atoms with van der Waals surface area (Å²) in [5, 5.41) is 6.10. The lowest BCUT2D eigenvalue weighted by Crippen LogP contribution is -2.44. The summed E-state index contributed by atoms with van der Waals surface area (Å²) in [6.07, 6.45) is 0. The quantitative estimate of drug-likeness (QED) is 0.830. The van der Waals surface area contributed by atoms with E-state index in [1.165, 1.54) is 12.1 Å². The third-order valence-corrected chi connectivity index (χ3v) is 3.69. The van der Waals surface area contributed by atoms with Gasteiger partial charge in [-0.15, -0.1) is 0 Å². The maximum Gasteiger partial charge on any atom is 0.236 e. The molecule has 0 aromatic heterocycles. The van der Waals surface area contributed by atoms with Gasteiger partial charge in [-0.3, -0.25) is 10.1 Å². The lowest BCUT2D eigenvalue weighted by atomic mass is 10.1. The van der Waals surface area contributed by atoms with Gasteiger partial charge in [-0.25, -0.2) is 4.39 Å². The molecule has 3 nitrogen and oxygen atoms in total. The van der Waals surface area contributed by atoms with Gasteiger partial charge in [-0.2, -0.15) is 0 Å². The average Bonchev–Trinajstić information content (AvgIpc) is 2.35. The number of benzene rings is 1. The van der Waals surface area contributed by atoms with Crippen LogP contribution in [0, 0.1) is 11.7 Å². The van der Waals surface area contributed by atoms with Gasteiger partial charge in [0, 0.05) is 17.1 Å². The molecule has 2 atom stereocenters. The highest BCUT2D eigenvalue weighted by molar-refractivity contribution is 9.10. The standard InChI is InChI=1S/C15H22BrFN2O/c1-9(2)8-18-15(20)11(4)19-10(3)13-6-5-12(17)7-14(13)16/h5-7,9-11,19H,8H2,1-4H3,(H,18,20). The highest BCUT2D eigenvalue weighted by atomic mass is 79.9. The molecule has 1 rings (SSSR count). The normalized spacial score (nSPS) is 14.2. The van der Waals surface area contributed by atoms with Crippen molar-refractivity contribution in [2.45, 2.75) is 39.8 Å². The van der Waals surface area contributed by atoms with E-state index in [0.29, 0.717) is 16.9 Å². The van der Waals surface area contributed by atoms with Crippen LogP contribution in [0.1, 0.15) is 39.3 Å². The lowest BCUT2D eigenvalue weighted by molar-refractivity contribution is -0.123.